The van der Waals surface area contributed by atoms with Gasteiger partial charge in [0.15, 0.2) is 0 Å². The summed E-state index contributed by atoms with van der Waals surface area (Å²) in [6, 6.07) is 0.272. The molecule has 1 aromatic rings. The maximum atomic E-state index is 13.2. The first-order valence-electron chi connectivity index (χ1n) is 6.85. The van der Waals surface area contributed by atoms with Crippen molar-refractivity contribution in [3.63, 3.8) is 0 Å². The smallest absolute Gasteiger partial charge is 0.374 e. The summed E-state index contributed by atoms with van der Waals surface area (Å²) in [6.45, 7) is 0.119. The number of rotatable bonds is 5. The van der Waals surface area contributed by atoms with Gasteiger partial charge in [-0.2, -0.15) is 13.2 Å². The quantitative estimate of drug-likeness (QED) is 0.873. The average molecular weight is 291 g/mol. The van der Waals surface area contributed by atoms with Crippen LogP contribution in [0.5, 0.6) is 0 Å². The van der Waals surface area contributed by atoms with Gasteiger partial charge in [-0.15, -0.1) is 0 Å². The SMILES string of the molecule is Cn1ccnc1C(O)(CCNC1CCCC1)C(F)(F)F. The van der Waals surface area contributed by atoms with E-state index in [0.717, 1.165) is 25.7 Å². The Labute approximate surface area is 116 Å². The highest BCUT2D eigenvalue weighted by molar-refractivity contribution is 5.08. The van der Waals surface area contributed by atoms with Crippen LogP contribution in [0.4, 0.5) is 13.2 Å². The van der Waals surface area contributed by atoms with Gasteiger partial charge in [0.25, 0.3) is 0 Å². The molecule has 0 aromatic carbocycles. The minimum atomic E-state index is -4.75. The third-order valence-corrected chi connectivity index (χ3v) is 3.94. The van der Waals surface area contributed by atoms with Gasteiger partial charge in [0.1, 0.15) is 5.82 Å². The molecule has 1 aliphatic rings. The highest BCUT2D eigenvalue weighted by atomic mass is 19.4. The number of hydrogen-bond donors (Lipinski definition) is 2. The molecule has 0 radical (unpaired) electrons. The predicted molar refractivity (Wildman–Crippen MR) is 68.0 cm³/mol. The number of nitrogens with one attached hydrogen (secondary N) is 1. The van der Waals surface area contributed by atoms with Gasteiger partial charge in [0.2, 0.25) is 5.60 Å². The largest absolute Gasteiger partial charge is 0.424 e. The molecule has 1 aliphatic carbocycles. The van der Waals surface area contributed by atoms with Crippen LogP contribution in [0.1, 0.15) is 37.9 Å². The lowest BCUT2D eigenvalue weighted by Crippen LogP contribution is -2.46. The highest BCUT2D eigenvalue weighted by Crippen LogP contribution is 2.40. The van der Waals surface area contributed by atoms with Gasteiger partial charge in [-0.05, 0) is 19.4 Å². The Balaban J connectivity index is 2.06. The normalized spacial score (nSPS) is 20.2. The van der Waals surface area contributed by atoms with Crippen molar-refractivity contribution in [2.75, 3.05) is 6.54 Å². The van der Waals surface area contributed by atoms with E-state index in [-0.39, 0.29) is 18.4 Å². The fraction of sp³-hybridized carbons (Fsp3) is 0.769. The second-order valence-electron chi connectivity index (χ2n) is 5.41. The van der Waals surface area contributed by atoms with Crippen LogP contribution in [0.15, 0.2) is 12.4 Å². The second kappa shape index (κ2) is 5.73. The van der Waals surface area contributed by atoms with E-state index in [4.69, 9.17) is 0 Å². The number of aryl methyl sites for hydroxylation is 1. The standard InChI is InChI=1S/C13H20F3N3O/c1-19-9-8-18-11(19)12(20,13(14,15)16)6-7-17-10-4-2-3-5-10/h8-10,17,20H,2-7H2,1H3. The molecule has 0 bridgehead atoms. The molecule has 0 aliphatic heterocycles. The van der Waals surface area contributed by atoms with Crippen LogP contribution in [0, 0.1) is 0 Å². The monoisotopic (exact) mass is 291 g/mol. The second-order valence-corrected chi connectivity index (χ2v) is 5.41. The number of alkyl halides is 3. The Morgan fingerprint density at radius 1 is 1.40 bits per heavy atom. The summed E-state index contributed by atoms with van der Waals surface area (Å²) < 4.78 is 40.9. The van der Waals surface area contributed by atoms with Crippen molar-refractivity contribution in [1.82, 2.24) is 14.9 Å². The molecule has 7 heteroatoms. The van der Waals surface area contributed by atoms with Crippen molar-refractivity contribution in [2.45, 2.75) is 49.9 Å². The Kier molecular flexibility index (Phi) is 4.39. The lowest BCUT2D eigenvalue weighted by Gasteiger charge is -2.30. The van der Waals surface area contributed by atoms with Crippen molar-refractivity contribution in [1.29, 1.82) is 0 Å². The Morgan fingerprint density at radius 2 is 2.05 bits per heavy atom. The first-order valence-corrected chi connectivity index (χ1v) is 6.85. The minimum absolute atomic E-state index is 0.119. The van der Waals surface area contributed by atoms with Crippen LogP contribution in [0.2, 0.25) is 0 Å². The number of nitrogens with zero attached hydrogens (tertiary/aromatic N) is 2. The van der Waals surface area contributed by atoms with Gasteiger partial charge in [-0.1, -0.05) is 12.8 Å². The van der Waals surface area contributed by atoms with E-state index in [0.29, 0.717) is 0 Å². The Morgan fingerprint density at radius 3 is 2.55 bits per heavy atom. The van der Waals surface area contributed by atoms with Crippen molar-refractivity contribution < 1.29 is 18.3 Å². The molecule has 1 saturated carbocycles. The van der Waals surface area contributed by atoms with E-state index in [1.54, 1.807) is 0 Å². The highest BCUT2D eigenvalue weighted by Gasteiger charge is 2.57. The lowest BCUT2D eigenvalue weighted by molar-refractivity contribution is -0.272. The summed E-state index contributed by atoms with van der Waals surface area (Å²) in [5.41, 5.74) is -2.91. The molecule has 20 heavy (non-hydrogen) atoms. The van der Waals surface area contributed by atoms with Crippen molar-refractivity contribution in [3.8, 4) is 0 Å². The first-order chi connectivity index (χ1) is 9.34. The summed E-state index contributed by atoms with van der Waals surface area (Å²) in [4.78, 5) is 3.67. The van der Waals surface area contributed by atoms with E-state index in [2.05, 4.69) is 10.3 Å². The first kappa shape index (κ1) is 15.3. The molecule has 0 spiro atoms. The molecule has 1 fully saturated rings. The molecule has 1 aromatic heterocycles. The van der Waals surface area contributed by atoms with Gasteiger partial charge in [-0.3, -0.25) is 0 Å². The van der Waals surface area contributed by atoms with Crippen LogP contribution in [-0.4, -0.2) is 33.4 Å². The van der Waals surface area contributed by atoms with Crippen molar-refractivity contribution in [2.24, 2.45) is 7.05 Å². The van der Waals surface area contributed by atoms with Gasteiger partial charge in [-0.25, -0.2) is 4.98 Å². The van der Waals surface area contributed by atoms with Crippen molar-refractivity contribution in [3.05, 3.63) is 18.2 Å². The summed E-state index contributed by atoms with van der Waals surface area (Å²) in [5.74, 6) is -0.363. The fourth-order valence-electron chi connectivity index (χ4n) is 2.73. The molecule has 1 heterocycles. The fourth-order valence-corrected chi connectivity index (χ4v) is 2.73. The van der Waals surface area contributed by atoms with E-state index < -0.39 is 18.2 Å². The summed E-state index contributed by atoms with van der Waals surface area (Å²) >= 11 is 0. The van der Waals surface area contributed by atoms with E-state index in [9.17, 15) is 18.3 Å². The number of aromatic nitrogens is 2. The van der Waals surface area contributed by atoms with Crippen molar-refractivity contribution >= 4 is 0 Å². The minimum Gasteiger partial charge on any atom is -0.374 e. The predicted octanol–water partition coefficient (Wildman–Crippen LogP) is 2.09. The van der Waals surface area contributed by atoms with E-state index >= 15 is 0 Å². The number of aliphatic hydroxyl groups is 1. The van der Waals surface area contributed by atoms with Gasteiger partial charge < -0.3 is 15.0 Å². The van der Waals surface area contributed by atoms with Crippen LogP contribution >= 0.6 is 0 Å². The van der Waals surface area contributed by atoms with E-state index in [1.807, 2.05) is 0 Å². The van der Waals surface area contributed by atoms with Gasteiger partial charge in [0, 0.05) is 31.9 Å². The summed E-state index contributed by atoms with van der Waals surface area (Å²) in [7, 11) is 1.45. The maximum absolute atomic E-state index is 13.2. The molecular weight excluding hydrogens is 271 g/mol. The molecule has 0 saturated heterocycles. The number of hydrogen-bond acceptors (Lipinski definition) is 3. The zero-order valence-electron chi connectivity index (χ0n) is 11.5. The molecular formula is C13H20F3N3O. The topological polar surface area (TPSA) is 50.1 Å². The maximum Gasteiger partial charge on any atom is 0.424 e. The molecule has 4 nitrogen and oxygen atoms in total. The lowest BCUT2D eigenvalue weighted by atomic mass is 9.97. The zero-order chi connectivity index (χ0) is 14.8. The molecule has 2 N–H and O–H groups in total. The molecule has 1 unspecified atom stereocenters. The Hall–Kier alpha value is -1.08. The van der Waals surface area contributed by atoms with Crippen LogP contribution in [-0.2, 0) is 12.6 Å². The van der Waals surface area contributed by atoms with E-state index in [1.165, 1.54) is 24.0 Å². The molecule has 2 rings (SSSR count). The third kappa shape index (κ3) is 2.98. The molecule has 0 amide bonds. The van der Waals surface area contributed by atoms with Crippen LogP contribution < -0.4 is 5.32 Å². The number of imidazole rings is 1. The van der Waals surface area contributed by atoms with Crippen LogP contribution in [0.3, 0.4) is 0 Å². The molecule has 114 valence electrons. The summed E-state index contributed by atoms with van der Waals surface area (Å²) in [5, 5.41) is 13.2. The number of halogens is 3. The van der Waals surface area contributed by atoms with Gasteiger partial charge in [0.05, 0.1) is 0 Å². The molecule has 1 atom stereocenters. The summed E-state index contributed by atoms with van der Waals surface area (Å²) in [6.07, 6.45) is 1.69. The van der Waals surface area contributed by atoms with Gasteiger partial charge >= 0.3 is 6.18 Å². The van der Waals surface area contributed by atoms with Crippen LogP contribution in [0.25, 0.3) is 0 Å². The zero-order valence-corrected chi connectivity index (χ0v) is 11.5. The third-order valence-electron chi connectivity index (χ3n) is 3.94. The average Bonchev–Trinajstić information content (AvgIpc) is 2.98. The Bertz CT molecular complexity index is 440.